The highest BCUT2D eigenvalue weighted by Crippen LogP contribution is 2.29. The minimum Gasteiger partial charge on any atom is -0.507 e. The number of hydrogen-bond acceptors (Lipinski definition) is 3. The molecule has 0 saturated heterocycles. The first-order valence-corrected chi connectivity index (χ1v) is 6.07. The molecule has 0 bridgehead atoms. The quantitative estimate of drug-likeness (QED) is 0.803. The minimum atomic E-state index is -4.17. The van der Waals surface area contributed by atoms with Crippen LogP contribution in [-0.4, -0.2) is 22.9 Å². The summed E-state index contributed by atoms with van der Waals surface area (Å²) in [4.78, 5) is 0. The lowest BCUT2D eigenvalue weighted by atomic mass is 10.1. The highest BCUT2D eigenvalue weighted by Gasteiger charge is 2.27. The number of para-hydroxylation sites is 1. The van der Waals surface area contributed by atoms with Crippen LogP contribution in [0.5, 0.6) is 5.75 Å². The van der Waals surface area contributed by atoms with E-state index in [1.165, 1.54) is 0 Å². The summed E-state index contributed by atoms with van der Waals surface area (Å²) in [6.07, 6.45) is 0. The summed E-state index contributed by atoms with van der Waals surface area (Å²) in [7, 11) is 0. The minimum absolute atomic E-state index is 0.0317. The van der Waals surface area contributed by atoms with Gasteiger partial charge in [0, 0.05) is 24.4 Å². The van der Waals surface area contributed by atoms with Gasteiger partial charge in [-0.15, -0.1) is 0 Å². The van der Waals surface area contributed by atoms with E-state index in [2.05, 4.69) is 5.32 Å². The van der Waals surface area contributed by atoms with Crippen LogP contribution < -0.4 is 5.32 Å². The van der Waals surface area contributed by atoms with Gasteiger partial charge in [0.25, 0.3) is 0 Å². The molecule has 1 aromatic rings. The summed E-state index contributed by atoms with van der Waals surface area (Å²) < 4.78 is 35.5. The molecule has 17 heavy (non-hydrogen) atoms. The molecule has 0 aliphatic carbocycles. The first kappa shape index (κ1) is 14.2. The SMILES string of the molecule is Cc1cccc(CNCCSC(F)(F)F)c1O. The van der Waals surface area contributed by atoms with Crippen LogP contribution in [0.4, 0.5) is 13.2 Å². The molecule has 1 aromatic carbocycles. The van der Waals surface area contributed by atoms with E-state index in [-0.39, 0.29) is 29.8 Å². The van der Waals surface area contributed by atoms with E-state index in [9.17, 15) is 18.3 Å². The fraction of sp³-hybridized carbons (Fsp3) is 0.455. The topological polar surface area (TPSA) is 32.3 Å². The van der Waals surface area contributed by atoms with Gasteiger partial charge in [-0.25, -0.2) is 0 Å². The molecule has 0 saturated carbocycles. The van der Waals surface area contributed by atoms with Crippen molar-refractivity contribution >= 4 is 11.8 Å². The summed E-state index contributed by atoms with van der Waals surface area (Å²) in [6.45, 7) is 2.39. The summed E-state index contributed by atoms with van der Waals surface area (Å²) in [5.74, 6) is 0.166. The number of nitrogens with one attached hydrogen (secondary N) is 1. The molecule has 0 amide bonds. The molecule has 0 heterocycles. The van der Waals surface area contributed by atoms with Gasteiger partial charge in [0.15, 0.2) is 0 Å². The van der Waals surface area contributed by atoms with Gasteiger partial charge in [-0.2, -0.15) is 13.2 Å². The lowest BCUT2D eigenvalue weighted by molar-refractivity contribution is -0.0327. The molecule has 0 aliphatic heterocycles. The van der Waals surface area contributed by atoms with Crippen molar-refractivity contribution in [2.24, 2.45) is 0 Å². The van der Waals surface area contributed by atoms with Gasteiger partial charge in [0.05, 0.1) is 0 Å². The molecule has 0 fully saturated rings. The smallest absolute Gasteiger partial charge is 0.441 e. The Morgan fingerprint density at radius 1 is 1.35 bits per heavy atom. The Kier molecular flexibility index (Phi) is 5.14. The highest BCUT2D eigenvalue weighted by atomic mass is 32.2. The van der Waals surface area contributed by atoms with Gasteiger partial charge >= 0.3 is 5.51 Å². The van der Waals surface area contributed by atoms with Crippen molar-refractivity contribution in [3.8, 4) is 5.75 Å². The lowest BCUT2D eigenvalue weighted by Crippen LogP contribution is -2.18. The number of benzene rings is 1. The maximum Gasteiger partial charge on any atom is 0.441 e. The van der Waals surface area contributed by atoms with E-state index >= 15 is 0 Å². The Morgan fingerprint density at radius 3 is 2.71 bits per heavy atom. The number of rotatable bonds is 5. The predicted octanol–water partition coefficient (Wildman–Crippen LogP) is 3.04. The van der Waals surface area contributed by atoms with Crippen molar-refractivity contribution in [2.75, 3.05) is 12.3 Å². The van der Waals surface area contributed by atoms with E-state index in [1.54, 1.807) is 25.1 Å². The molecule has 96 valence electrons. The maximum absolute atomic E-state index is 11.8. The standard InChI is InChI=1S/C11H14F3NOS/c1-8-3-2-4-9(10(8)16)7-15-5-6-17-11(12,13)14/h2-4,15-16H,5-7H2,1H3. The predicted molar refractivity (Wildman–Crippen MR) is 63.1 cm³/mol. The normalized spacial score (nSPS) is 11.8. The van der Waals surface area contributed by atoms with E-state index in [1.807, 2.05) is 0 Å². The molecule has 0 atom stereocenters. The Balaban J connectivity index is 2.29. The van der Waals surface area contributed by atoms with Gasteiger partial charge in [-0.1, -0.05) is 18.2 Å². The molecule has 0 radical (unpaired) electrons. The van der Waals surface area contributed by atoms with E-state index in [0.717, 1.165) is 5.56 Å². The van der Waals surface area contributed by atoms with Crippen LogP contribution in [0.2, 0.25) is 0 Å². The molecule has 6 heteroatoms. The first-order chi connectivity index (χ1) is 7.90. The summed E-state index contributed by atoms with van der Waals surface area (Å²) in [5.41, 5.74) is -2.72. The van der Waals surface area contributed by atoms with Crippen molar-refractivity contribution in [1.82, 2.24) is 5.32 Å². The fourth-order valence-electron chi connectivity index (χ4n) is 1.32. The Morgan fingerprint density at radius 2 is 2.06 bits per heavy atom. The van der Waals surface area contributed by atoms with Gasteiger partial charge in [-0.3, -0.25) is 0 Å². The molecule has 0 aromatic heterocycles. The molecular weight excluding hydrogens is 251 g/mol. The van der Waals surface area contributed by atoms with Crippen LogP contribution in [0.25, 0.3) is 0 Å². The van der Waals surface area contributed by atoms with Crippen LogP contribution in [-0.2, 0) is 6.54 Å². The third-order valence-corrected chi connectivity index (χ3v) is 2.92. The molecular formula is C11H14F3NOS. The largest absolute Gasteiger partial charge is 0.507 e. The van der Waals surface area contributed by atoms with Crippen LogP contribution in [0.3, 0.4) is 0 Å². The third-order valence-electron chi connectivity index (χ3n) is 2.18. The van der Waals surface area contributed by atoms with E-state index in [0.29, 0.717) is 12.1 Å². The zero-order valence-electron chi connectivity index (χ0n) is 9.34. The van der Waals surface area contributed by atoms with E-state index < -0.39 is 5.51 Å². The van der Waals surface area contributed by atoms with Crippen molar-refractivity contribution in [1.29, 1.82) is 0 Å². The van der Waals surface area contributed by atoms with Crippen molar-refractivity contribution < 1.29 is 18.3 Å². The van der Waals surface area contributed by atoms with Crippen LogP contribution in [0.15, 0.2) is 18.2 Å². The van der Waals surface area contributed by atoms with Gasteiger partial charge in [0.2, 0.25) is 0 Å². The molecule has 0 unspecified atom stereocenters. The highest BCUT2D eigenvalue weighted by molar-refractivity contribution is 8.00. The number of aryl methyl sites for hydroxylation is 1. The second kappa shape index (κ2) is 6.16. The molecule has 2 nitrogen and oxygen atoms in total. The number of thioether (sulfide) groups is 1. The summed E-state index contributed by atoms with van der Waals surface area (Å²) in [6, 6.07) is 5.32. The fourth-order valence-corrected chi connectivity index (χ4v) is 1.80. The van der Waals surface area contributed by atoms with Gasteiger partial charge in [0.1, 0.15) is 5.75 Å². The number of halogens is 3. The average Bonchev–Trinajstić information content (AvgIpc) is 2.22. The van der Waals surface area contributed by atoms with Gasteiger partial charge < -0.3 is 10.4 Å². The first-order valence-electron chi connectivity index (χ1n) is 5.09. The number of hydrogen-bond donors (Lipinski definition) is 2. The Labute approximate surface area is 102 Å². The van der Waals surface area contributed by atoms with Crippen LogP contribution in [0, 0.1) is 6.92 Å². The third kappa shape index (κ3) is 5.32. The molecule has 0 spiro atoms. The summed E-state index contributed by atoms with van der Waals surface area (Å²) in [5, 5.41) is 12.5. The molecule has 0 aliphatic rings. The van der Waals surface area contributed by atoms with Crippen molar-refractivity contribution in [3.05, 3.63) is 29.3 Å². The Hall–Kier alpha value is -0.880. The number of aromatic hydroxyl groups is 1. The number of alkyl halides is 3. The maximum atomic E-state index is 11.8. The number of phenolic OH excluding ortho intramolecular Hbond substituents is 1. The monoisotopic (exact) mass is 265 g/mol. The van der Waals surface area contributed by atoms with Gasteiger partial charge in [-0.05, 0) is 24.2 Å². The molecule has 2 N–H and O–H groups in total. The van der Waals surface area contributed by atoms with Crippen LogP contribution in [0.1, 0.15) is 11.1 Å². The lowest BCUT2D eigenvalue weighted by Gasteiger charge is -2.09. The zero-order chi connectivity index (χ0) is 12.9. The second-order valence-corrected chi connectivity index (χ2v) is 4.71. The molecule has 1 rings (SSSR count). The average molecular weight is 265 g/mol. The van der Waals surface area contributed by atoms with Crippen molar-refractivity contribution in [2.45, 2.75) is 19.0 Å². The Bertz CT molecular complexity index is 368. The summed E-state index contributed by atoms with van der Waals surface area (Å²) >= 11 is -0.0489. The van der Waals surface area contributed by atoms with E-state index in [4.69, 9.17) is 0 Å². The number of phenols is 1. The zero-order valence-corrected chi connectivity index (χ0v) is 10.2. The van der Waals surface area contributed by atoms with Crippen molar-refractivity contribution in [3.63, 3.8) is 0 Å². The second-order valence-electron chi connectivity index (χ2n) is 3.55. The van der Waals surface area contributed by atoms with Crippen LogP contribution >= 0.6 is 11.8 Å².